The lowest BCUT2D eigenvalue weighted by atomic mass is 9.90. The molecule has 7 heteroatoms. The lowest BCUT2D eigenvalue weighted by molar-refractivity contribution is -0.124. The summed E-state index contributed by atoms with van der Waals surface area (Å²) < 4.78 is 24.3. The highest BCUT2D eigenvalue weighted by molar-refractivity contribution is 7.88. The zero-order valence-electron chi connectivity index (χ0n) is 13.4. The van der Waals surface area contributed by atoms with E-state index in [1.807, 2.05) is 6.92 Å². The van der Waals surface area contributed by atoms with Gasteiger partial charge in [0, 0.05) is 19.6 Å². The van der Waals surface area contributed by atoms with Gasteiger partial charge in [0.15, 0.2) is 0 Å². The van der Waals surface area contributed by atoms with Crippen LogP contribution >= 0.6 is 0 Å². The van der Waals surface area contributed by atoms with Gasteiger partial charge >= 0.3 is 0 Å². The molecule has 0 bridgehead atoms. The highest BCUT2D eigenvalue weighted by Crippen LogP contribution is 2.19. The number of piperidine rings is 1. The Balaban J connectivity index is 2.27. The number of carbonyl (C=O) groups is 1. The maximum atomic E-state index is 12.1. The first-order valence-corrected chi connectivity index (χ1v) is 9.69. The number of rotatable bonds is 8. The SMILES string of the molecule is CCC1CCNC(C(=O)NCCCN(CC)S(C)(=O)=O)C1. The molecule has 0 aliphatic carbocycles. The van der Waals surface area contributed by atoms with Crippen LogP contribution in [0.2, 0.25) is 0 Å². The minimum Gasteiger partial charge on any atom is -0.355 e. The van der Waals surface area contributed by atoms with E-state index in [4.69, 9.17) is 0 Å². The van der Waals surface area contributed by atoms with E-state index in [1.165, 1.54) is 10.6 Å². The smallest absolute Gasteiger partial charge is 0.237 e. The van der Waals surface area contributed by atoms with E-state index >= 15 is 0 Å². The predicted molar refractivity (Wildman–Crippen MR) is 84.5 cm³/mol. The number of carbonyl (C=O) groups excluding carboxylic acids is 1. The molecule has 0 aromatic rings. The third kappa shape index (κ3) is 6.32. The number of nitrogens with one attached hydrogen (secondary N) is 2. The summed E-state index contributed by atoms with van der Waals surface area (Å²) in [6, 6.07) is -0.0964. The van der Waals surface area contributed by atoms with Gasteiger partial charge in [0.1, 0.15) is 0 Å². The quantitative estimate of drug-likeness (QED) is 0.641. The molecule has 1 fully saturated rings. The minimum absolute atomic E-state index is 0.0376. The number of nitrogens with zero attached hydrogens (tertiary/aromatic N) is 1. The lowest BCUT2D eigenvalue weighted by Crippen LogP contribution is -2.49. The van der Waals surface area contributed by atoms with E-state index in [-0.39, 0.29) is 11.9 Å². The van der Waals surface area contributed by atoms with E-state index in [2.05, 4.69) is 17.6 Å². The van der Waals surface area contributed by atoms with Crippen molar-refractivity contribution in [3.05, 3.63) is 0 Å². The van der Waals surface area contributed by atoms with E-state index in [9.17, 15) is 13.2 Å². The zero-order valence-corrected chi connectivity index (χ0v) is 14.2. The molecule has 1 saturated heterocycles. The van der Waals surface area contributed by atoms with Crippen molar-refractivity contribution in [1.82, 2.24) is 14.9 Å². The summed E-state index contributed by atoms with van der Waals surface area (Å²) in [5.74, 6) is 0.665. The molecule has 6 nitrogen and oxygen atoms in total. The third-order valence-electron chi connectivity index (χ3n) is 4.11. The Morgan fingerprint density at radius 3 is 2.67 bits per heavy atom. The molecule has 1 heterocycles. The number of amides is 1. The highest BCUT2D eigenvalue weighted by atomic mass is 32.2. The van der Waals surface area contributed by atoms with Crippen molar-refractivity contribution in [2.75, 3.05) is 32.4 Å². The normalized spacial score (nSPS) is 23.2. The maximum absolute atomic E-state index is 12.1. The molecule has 0 spiro atoms. The second-order valence-corrected chi connectivity index (χ2v) is 7.69. The van der Waals surface area contributed by atoms with Gasteiger partial charge in [-0.25, -0.2) is 12.7 Å². The number of sulfonamides is 1. The monoisotopic (exact) mass is 319 g/mol. The van der Waals surface area contributed by atoms with Crippen LogP contribution < -0.4 is 10.6 Å². The first-order valence-electron chi connectivity index (χ1n) is 7.84. The average molecular weight is 319 g/mol. The maximum Gasteiger partial charge on any atom is 0.237 e. The van der Waals surface area contributed by atoms with Crippen molar-refractivity contribution >= 4 is 15.9 Å². The molecule has 2 unspecified atom stereocenters. The molecule has 124 valence electrons. The Morgan fingerprint density at radius 2 is 2.10 bits per heavy atom. The molecule has 0 aromatic heterocycles. The van der Waals surface area contributed by atoms with Crippen molar-refractivity contribution in [2.45, 2.75) is 45.6 Å². The zero-order chi connectivity index (χ0) is 15.9. The van der Waals surface area contributed by atoms with Gasteiger partial charge in [0.05, 0.1) is 12.3 Å². The Morgan fingerprint density at radius 1 is 1.38 bits per heavy atom. The van der Waals surface area contributed by atoms with E-state index in [1.54, 1.807) is 0 Å². The summed E-state index contributed by atoms with van der Waals surface area (Å²) in [6.45, 7) is 6.31. The van der Waals surface area contributed by atoms with Crippen LogP contribution in [0.1, 0.15) is 39.5 Å². The Bertz CT molecular complexity index is 425. The summed E-state index contributed by atoms with van der Waals surface area (Å²) in [7, 11) is -3.14. The van der Waals surface area contributed by atoms with Gasteiger partial charge in [-0.3, -0.25) is 4.79 Å². The van der Waals surface area contributed by atoms with E-state index in [0.29, 0.717) is 32.0 Å². The van der Waals surface area contributed by atoms with Gasteiger partial charge in [-0.15, -0.1) is 0 Å². The van der Waals surface area contributed by atoms with Crippen molar-refractivity contribution < 1.29 is 13.2 Å². The molecule has 1 amide bonds. The standard InChI is InChI=1S/C14H29N3O3S/c1-4-12-7-9-15-13(11-12)14(18)16-8-6-10-17(5-2)21(3,19)20/h12-13,15H,4-11H2,1-3H3,(H,16,18). The van der Waals surface area contributed by atoms with Crippen molar-refractivity contribution in [3.63, 3.8) is 0 Å². The first-order chi connectivity index (χ1) is 9.88. The van der Waals surface area contributed by atoms with E-state index in [0.717, 1.165) is 25.8 Å². The number of hydrogen-bond acceptors (Lipinski definition) is 4. The Hall–Kier alpha value is -0.660. The summed E-state index contributed by atoms with van der Waals surface area (Å²) >= 11 is 0. The fourth-order valence-corrected chi connectivity index (χ4v) is 3.65. The molecular weight excluding hydrogens is 290 g/mol. The molecule has 0 aromatic carbocycles. The Kier molecular flexibility index (Phi) is 7.62. The van der Waals surface area contributed by atoms with Gasteiger partial charge in [0.2, 0.25) is 15.9 Å². The molecule has 1 rings (SSSR count). The van der Waals surface area contributed by atoms with Crippen LogP contribution in [0.3, 0.4) is 0 Å². The van der Waals surface area contributed by atoms with Crippen LogP contribution in [0.4, 0.5) is 0 Å². The predicted octanol–water partition coefficient (Wildman–Crippen LogP) is 0.552. The molecule has 21 heavy (non-hydrogen) atoms. The largest absolute Gasteiger partial charge is 0.355 e. The summed E-state index contributed by atoms with van der Waals surface area (Å²) in [5.41, 5.74) is 0. The molecule has 2 atom stereocenters. The van der Waals surface area contributed by atoms with Crippen LogP contribution in [-0.2, 0) is 14.8 Å². The van der Waals surface area contributed by atoms with Crippen molar-refractivity contribution in [1.29, 1.82) is 0 Å². The summed E-state index contributed by atoms with van der Waals surface area (Å²) in [4.78, 5) is 12.1. The molecule has 0 radical (unpaired) electrons. The topological polar surface area (TPSA) is 78.5 Å². The van der Waals surface area contributed by atoms with Crippen molar-refractivity contribution in [2.24, 2.45) is 5.92 Å². The third-order valence-corrected chi connectivity index (χ3v) is 5.49. The van der Waals surface area contributed by atoms with Crippen molar-refractivity contribution in [3.8, 4) is 0 Å². The van der Waals surface area contributed by atoms with Crippen LogP contribution in [0, 0.1) is 5.92 Å². The summed E-state index contributed by atoms with van der Waals surface area (Å²) in [5, 5.41) is 6.15. The van der Waals surface area contributed by atoms with Gasteiger partial charge in [-0.2, -0.15) is 0 Å². The second kappa shape index (κ2) is 8.70. The average Bonchev–Trinajstić information content (AvgIpc) is 2.45. The fourth-order valence-electron chi connectivity index (χ4n) is 2.72. The Labute approximate surface area is 128 Å². The molecule has 1 aliphatic heterocycles. The van der Waals surface area contributed by atoms with Gasteiger partial charge < -0.3 is 10.6 Å². The number of hydrogen-bond donors (Lipinski definition) is 2. The molecule has 1 aliphatic rings. The highest BCUT2D eigenvalue weighted by Gasteiger charge is 2.25. The lowest BCUT2D eigenvalue weighted by Gasteiger charge is -2.29. The van der Waals surface area contributed by atoms with Gasteiger partial charge in [-0.05, 0) is 31.7 Å². The molecule has 0 saturated carbocycles. The van der Waals surface area contributed by atoms with E-state index < -0.39 is 10.0 Å². The van der Waals surface area contributed by atoms with Crippen LogP contribution in [-0.4, -0.2) is 57.1 Å². The van der Waals surface area contributed by atoms with Crippen LogP contribution in [0.25, 0.3) is 0 Å². The second-order valence-electron chi connectivity index (χ2n) is 5.70. The van der Waals surface area contributed by atoms with Crippen LogP contribution in [0.5, 0.6) is 0 Å². The van der Waals surface area contributed by atoms with Gasteiger partial charge in [0.25, 0.3) is 0 Å². The molecular formula is C14H29N3O3S. The minimum atomic E-state index is -3.14. The van der Waals surface area contributed by atoms with Crippen LogP contribution in [0.15, 0.2) is 0 Å². The molecule has 2 N–H and O–H groups in total. The van der Waals surface area contributed by atoms with Gasteiger partial charge in [-0.1, -0.05) is 20.3 Å². The first kappa shape index (κ1) is 18.4. The fraction of sp³-hybridized carbons (Fsp3) is 0.929. The summed E-state index contributed by atoms with van der Waals surface area (Å²) in [6.07, 6.45) is 5.00.